The summed E-state index contributed by atoms with van der Waals surface area (Å²) in [5, 5.41) is 10.4. The standard InChI is InChI=1S/C17H13N5S3/c1-2-23-16-21-22-17(25-16)24-15-12-7-3-4-8-13(12)19-14(20-15)11-6-5-9-18-10-11/h3-10H,2H2,1H3. The van der Waals surface area contributed by atoms with E-state index in [2.05, 4.69) is 27.1 Å². The summed E-state index contributed by atoms with van der Waals surface area (Å²) < 4.78 is 1.87. The van der Waals surface area contributed by atoms with E-state index in [0.29, 0.717) is 5.82 Å². The molecule has 124 valence electrons. The molecular weight excluding hydrogens is 370 g/mol. The normalized spacial score (nSPS) is 11.1. The largest absolute Gasteiger partial charge is 0.264 e. The van der Waals surface area contributed by atoms with Crippen LogP contribution in [0.15, 0.2) is 62.5 Å². The van der Waals surface area contributed by atoms with Crippen LogP contribution in [0.1, 0.15) is 6.92 Å². The molecule has 0 fully saturated rings. The molecule has 0 N–H and O–H groups in total. The van der Waals surface area contributed by atoms with Gasteiger partial charge < -0.3 is 0 Å². The van der Waals surface area contributed by atoms with Crippen molar-refractivity contribution in [3.05, 3.63) is 48.8 Å². The van der Waals surface area contributed by atoms with Crippen molar-refractivity contribution in [2.45, 2.75) is 20.6 Å². The number of para-hydroxylation sites is 1. The summed E-state index contributed by atoms with van der Waals surface area (Å²) in [4.78, 5) is 13.6. The highest BCUT2D eigenvalue weighted by atomic mass is 32.2. The Kier molecular flexibility index (Phi) is 4.91. The molecule has 0 amide bonds. The third-order valence-corrected chi connectivity index (χ3v) is 6.32. The lowest BCUT2D eigenvalue weighted by atomic mass is 10.2. The first-order valence-corrected chi connectivity index (χ1v) is 10.3. The number of benzene rings is 1. The zero-order chi connectivity index (χ0) is 17.1. The van der Waals surface area contributed by atoms with Crippen LogP contribution in [0.25, 0.3) is 22.3 Å². The van der Waals surface area contributed by atoms with Gasteiger partial charge in [0.1, 0.15) is 5.03 Å². The number of hydrogen-bond acceptors (Lipinski definition) is 8. The molecule has 4 rings (SSSR count). The predicted octanol–water partition coefficient (Wildman–Crippen LogP) is 4.81. The molecule has 0 saturated carbocycles. The molecule has 8 heteroatoms. The Labute approximate surface area is 157 Å². The molecule has 25 heavy (non-hydrogen) atoms. The highest BCUT2D eigenvalue weighted by Crippen LogP contribution is 2.36. The van der Waals surface area contributed by atoms with Crippen molar-refractivity contribution in [3.63, 3.8) is 0 Å². The van der Waals surface area contributed by atoms with Crippen LogP contribution in [0.5, 0.6) is 0 Å². The average molecular weight is 384 g/mol. The number of pyridine rings is 1. The van der Waals surface area contributed by atoms with Crippen molar-refractivity contribution < 1.29 is 0 Å². The maximum absolute atomic E-state index is 4.77. The summed E-state index contributed by atoms with van der Waals surface area (Å²) in [5.74, 6) is 1.66. The Morgan fingerprint density at radius 2 is 1.88 bits per heavy atom. The zero-order valence-electron chi connectivity index (χ0n) is 13.3. The van der Waals surface area contributed by atoms with Crippen molar-refractivity contribution in [2.75, 3.05) is 5.75 Å². The second-order valence-electron chi connectivity index (χ2n) is 4.98. The first-order valence-electron chi connectivity index (χ1n) is 7.65. The van der Waals surface area contributed by atoms with Gasteiger partial charge in [-0.1, -0.05) is 48.2 Å². The molecule has 0 atom stereocenters. The van der Waals surface area contributed by atoms with E-state index in [0.717, 1.165) is 35.9 Å². The first-order chi connectivity index (χ1) is 12.3. The van der Waals surface area contributed by atoms with Gasteiger partial charge in [0, 0.05) is 23.3 Å². The van der Waals surface area contributed by atoms with Gasteiger partial charge in [-0.3, -0.25) is 4.98 Å². The molecule has 4 aromatic rings. The molecule has 0 aliphatic heterocycles. The van der Waals surface area contributed by atoms with E-state index in [4.69, 9.17) is 4.98 Å². The van der Waals surface area contributed by atoms with Crippen molar-refractivity contribution in [3.8, 4) is 11.4 Å². The van der Waals surface area contributed by atoms with Gasteiger partial charge in [-0.15, -0.1) is 10.2 Å². The number of nitrogens with zero attached hydrogens (tertiary/aromatic N) is 5. The van der Waals surface area contributed by atoms with Crippen LogP contribution < -0.4 is 0 Å². The Morgan fingerprint density at radius 3 is 2.72 bits per heavy atom. The van der Waals surface area contributed by atoms with Gasteiger partial charge in [0.05, 0.1) is 5.52 Å². The number of fused-ring (bicyclic) bond motifs is 1. The van der Waals surface area contributed by atoms with Gasteiger partial charge in [-0.25, -0.2) is 9.97 Å². The lowest BCUT2D eigenvalue weighted by Crippen LogP contribution is -1.94. The average Bonchev–Trinajstić information content (AvgIpc) is 3.10. The molecule has 0 bridgehead atoms. The fraction of sp³-hybridized carbons (Fsp3) is 0.118. The van der Waals surface area contributed by atoms with Crippen LogP contribution in [0, 0.1) is 0 Å². The van der Waals surface area contributed by atoms with Crippen LogP contribution in [-0.4, -0.2) is 30.9 Å². The minimum absolute atomic E-state index is 0.668. The summed E-state index contributed by atoms with van der Waals surface area (Å²) >= 11 is 4.83. The van der Waals surface area contributed by atoms with Crippen molar-refractivity contribution >= 4 is 45.8 Å². The van der Waals surface area contributed by atoms with Crippen molar-refractivity contribution in [1.82, 2.24) is 25.1 Å². The maximum Gasteiger partial charge on any atom is 0.181 e. The topological polar surface area (TPSA) is 64.5 Å². The Bertz CT molecular complexity index is 1000. The van der Waals surface area contributed by atoms with Crippen molar-refractivity contribution in [1.29, 1.82) is 0 Å². The fourth-order valence-corrected chi connectivity index (χ4v) is 5.20. The Hall–Kier alpha value is -2.03. The van der Waals surface area contributed by atoms with E-state index >= 15 is 0 Å². The van der Waals surface area contributed by atoms with Gasteiger partial charge in [-0.05, 0) is 35.7 Å². The van der Waals surface area contributed by atoms with Gasteiger partial charge in [0.15, 0.2) is 14.5 Å². The molecule has 3 aromatic heterocycles. The summed E-state index contributed by atoms with van der Waals surface area (Å²) in [6, 6.07) is 11.9. The van der Waals surface area contributed by atoms with E-state index in [1.165, 1.54) is 11.8 Å². The molecule has 5 nitrogen and oxygen atoms in total. The molecule has 0 aliphatic carbocycles. The Balaban J connectivity index is 1.78. The molecule has 1 aromatic carbocycles. The molecule has 3 heterocycles. The third kappa shape index (κ3) is 3.65. The molecule has 0 aliphatic rings. The van der Waals surface area contributed by atoms with E-state index in [-0.39, 0.29) is 0 Å². The minimum Gasteiger partial charge on any atom is -0.264 e. The number of hydrogen-bond donors (Lipinski definition) is 0. The third-order valence-electron chi connectivity index (χ3n) is 3.33. The van der Waals surface area contributed by atoms with Crippen LogP contribution in [0.4, 0.5) is 0 Å². The van der Waals surface area contributed by atoms with Crippen molar-refractivity contribution in [2.24, 2.45) is 0 Å². The highest BCUT2D eigenvalue weighted by Gasteiger charge is 2.13. The van der Waals surface area contributed by atoms with Gasteiger partial charge in [0.2, 0.25) is 0 Å². The SMILES string of the molecule is CCSc1nnc(Sc2nc(-c3cccnc3)nc3ccccc23)s1. The van der Waals surface area contributed by atoms with Gasteiger partial charge >= 0.3 is 0 Å². The Morgan fingerprint density at radius 1 is 1.00 bits per heavy atom. The highest BCUT2D eigenvalue weighted by molar-refractivity contribution is 8.03. The van der Waals surface area contributed by atoms with Gasteiger partial charge in [-0.2, -0.15) is 0 Å². The minimum atomic E-state index is 0.668. The van der Waals surface area contributed by atoms with E-state index in [1.54, 1.807) is 35.5 Å². The van der Waals surface area contributed by atoms with E-state index in [9.17, 15) is 0 Å². The van der Waals surface area contributed by atoms with Crippen LogP contribution >= 0.6 is 34.9 Å². The summed E-state index contributed by atoms with van der Waals surface area (Å²) in [6.07, 6.45) is 3.52. The number of thioether (sulfide) groups is 1. The second kappa shape index (κ2) is 7.47. The molecule has 0 unspecified atom stereocenters. The smallest absolute Gasteiger partial charge is 0.181 e. The van der Waals surface area contributed by atoms with E-state index in [1.807, 2.05) is 36.4 Å². The second-order valence-corrected chi connectivity index (χ2v) is 8.70. The monoisotopic (exact) mass is 383 g/mol. The molecule has 0 saturated heterocycles. The quantitative estimate of drug-likeness (QED) is 0.362. The van der Waals surface area contributed by atoms with Crippen LogP contribution in [0.3, 0.4) is 0 Å². The lowest BCUT2D eigenvalue weighted by Gasteiger charge is -2.06. The zero-order valence-corrected chi connectivity index (χ0v) is 15.7. The summed E-state index contributed by atoms with van der Waals surface area (Å²) in [6.45, 7) is 2.11. The van der Waals surface area contributed by atoms with Crippen LogP contribution in [0.2, 0.25) is 0 Å². The molecule has 0 radical (unpaired) electrons. The summed E-state index contributed by atoms with van der Waals surface area (Å²) in [5.41, 5.74) is 1.81. The first kappa shape index (κ1) is 16.4. The summed E-state index contributed by atoms with van der Waals surface area (Å²) in [7, 11) is 0. The fourth-order valence-electron chi connectivity index (χ4n) is 2.25. The number of aromatic nitrogens is 5. The maximum atomic E-state index is 4.77. The number of rotatable bonds is 5. The van der Waals surface area contributed by atoms with Gasteiger partial charge in [0.25, 0.3) is 0 Å². The van der Waals surface area contributed by atoms with E-state index < -0.39 is 0 Å². The molecule has 0 spiro atoms. The van der Waals surface area contributed by atoms with Crippen LogP contribution in [-0.2, 0) is 0 Å². The lowest BCUT2D eigenvalue weighted by molar-refractivity contribution is 0.953. The molecular formula is C17H13N5S3. The predicted molar refractivity (Wildman–Crippen MR) is 103 cm³/mol.